The minimum Gasteiger partial charge on any atom is -0.507 e. The van der Waals surface area contributed by atoms with Gasteiger partial charge in [0.2, 0.25) is 10.0 Å². The lowest BCUT2D eigenvalue weighted by Crippen LogP contribution is -2.26. The van der Waals surface area contributed by atoms with Gasteiger partial charge >= 0.3 is 5.97 Å². The van der Waals surface area contributed by atoms with Crippen LogP contribution in [0.3, 0.4) is 0 Å². The van der Waals surface area contributed by atoms with Gasteiger partial charge in [-0.15, -0.1) is 12.4 Å². The van der Waals surface area contributed by atoms with Crippen LogP contribution in [0.5, 0.6) is 5.75 Å². The molecule has 0 aliphatic carbocycles. The highest BCUT2D eigenvalue weighted by atomic mass is 35.5. The first kappa shape index (κ1) is 26.2. The molecule has 0 aliphatic rings. The Morgan fingerprint density at radius 3 is 2.39 bits per heavy atom. The molecule has 0 aromatic heterocycles. The summed E-state index contributed by atoms with van der Waals surface area (Å²) in [6.07, 6.45) is 1.85. The molecule has 0 fully saturated rings. The van der Waals surface area contributed by atoms with E-state index < -0.39 is 21.7 Å². The Kier molecular flexibility index (Phi) is 9.70. The summed E-state index contributed by atoms with van der Waals surface area (Å²) in [5, 5.41) is 17.3. The maximum atomic E-state index is 12.5. The van der Waals surface area contributed by atoms with Crippen LogP contribution in [-0.2, 0) is 26.0 Å². The number of nitrogen functional groups attached to an aromatic ring is 1. The molecule has 2 aromatic rings. The van der Waals surface area contributed by atoms with Crippen molar-refractivity contribution in [1.29, 1.82) is 5.41 Å². The maximum absolute atomic E-state index is 12.5. The number of rotatable bonds is 9. The number of hydrogen-bond acceptors (Lipinski definition) is 6. The Hall–Kier alpha value is -2.88. The first-order chi connectivity index (χ1) is 14.1. The molecule has 0 unspecified atom stereocenters. The second-order valence-corrected chi connectivity index (χ2v) is 8.26. The minimum atomic E-state index is -3.97. The van der Waals surface area contributed by atoms with Crippen LogP contribution in [0.2, 0.25) is 0 Å². The van der Waals surface area contributed by atoms with E-state index in [-0.39, 0.29) is 35.2 Å². The number of amidine groups is 1. The average Bonchev–Trinajstić information content (AvgIpc) is 2.68. The molecule has 0 spiro atoms. The molecule has 0 atom stereocenters. The molecule has 0 heterocycles. The first-order valence-corrected chi connectivity index (χ1v) is 10.7. The Morgan fingerprint density at radius 1 is 1.19 bits per heavy atom. The van der Waals surface area contributed by atoms with E-state index in [9.17, 15) is 18.3 Å². The number of carbonyl (C=O) groups excluding carboxylic acids is 1. The van der Waals surface area contributed by atoms with Crippen LogP contribution in [0.15, 0.2) is 53.4 Å². The van der Waals surface area contributed by atoms with Crippen LogP contribution in [0.4, 0.5) is 0 Å². The van der Waals surface area contributed by atoms with E-state index in [4.69, 9.17) is 15.9 Å². The number of esters is 1. The van der Waals surface area contributed by atoms with Crippen LogP contribution < -0.4 is 10.5 Å². The van der Waals surface area contributed by atoms with E-state index in [1.165, 1.54) is 18.2 Å². The topological polar surface area (TPSA) is 143 Å². The number of aromatic hydroxyl groups is 1. The van der Waals surface area contributed by atoms with E-state index in [1.54, 1.807) is 6.92 Å². The van der Waals surface area contributed by atoms with Gasteiger partial charge in [0.15, 0.2) is 0 Å². The average molecular weight is 468 g/mol. The molecular weight excluding hydrogens is 442 g/mol. The third kappa shape index (κ3) is 7.39. The molecule has 2 aromatic carbocycles. The summed E-state index contributed by atoms with van der Waals surface area (Å²) < 4.78 is 32.3. The largest absolute Gasteiger partial charge is 0.507 e. The zero-order valence-electron chi connectivity index (χ0n) is 17.2. The van der Waals surface area contributed by atoms with Crippen LogP contribution in [-0.4, -0.2) is 38.5 Å². The number of hydrogen-bond donors (Lipinski definition) is 4. The molecule has 5 N–H and O–H groups in total. The summed E-state index contributed by atoms with van der Waals surface area (Å²) in [5.74, 6) is -1.11. The van der Waals surface area contributed by atoms with E-state index in [0.717, 1.165) is 22.8 Å². The zero-order valence-corrected chi connectivity index (χ0v) is 18.8. The standard InChI is InChI=1S/C21H25N3O5S.ClH/c1-3-29-20(26)12-14(2)16-6-4-15(5-7-16)10-11-24-30(27,28)19-13-17(21(22)23)8-9-18(19)25;/h4-9,12-13,24-25H,3,10-11H2,1-2H3,(H3,22,23);1H/b14-12-;. The van der Waals surface area contributed by atoms with Crippen LogP contribution >= 0.6 is 12.4 Å². The summed E-state index contributed by atoms with van der Waals surface area (Å²) in [6.45, 7) is 3.98. The molecule has 10 heteroatoms. The number of allylic oxidation sites excluding steroid dienone is 1. The number of sulfonamides is 1. The number of halogens is 1. The first-order valence-electron chi connectivity index (χ1n) is 9.25. The lowest BCUT2D eigenvalue weighted by Gasteiger charge is -2.10. The number of phenols is 1. The van der Waals surface area contributed by atoms with Crippen molar-refractivity contribution in [3.63, 3.8) is 0 Å². The summed E-state index contributed by atoms with van der Waals surface area (Å²) in [7, 11) is -3.97. The molecule has 168 valence electrons. The maximum Gasteiger partial charge on any atom is 0.331 e. The van der Waals surface area contributed by atoms with Gasteiger partial charge in [-0.3, -0.25) is 5.41 Å². The van der Waals surface area contributed by atoms with E-state index >= 15 is 0 Å². The fourth-order valence-electron chi connectivity index (χ4n) is 2.68. The second-order valence-electron chi connectivity index (χ2n) is 6.52. The lowest BCUT2D eigenvalue weighted by molar-refractivity contribution is -0.137. The monoisotopic (exact) mass is 467 g/mol. The van der Waals surface area contributed by atoms with Crippen molar-refractivity contribution in [3.05, 3.63) is 65.2 Å². The van der Waals surface area contributed by atoms with Crippen LogP contribution in [0.25, 0.3) is 5.57 Å². The number of ether oxygens (including phenoxy) is 1. The van der Waals surface area contributed by atoms with E-state index in [2.05, 4.69) is 4.72 Å². The molecule has 2 rings (SSSR count). The van der Waals surface area contributed by atoms with Gasteiger partial charge < -0.3 is 15.6 Å². The van der Waals surface area contributed by atoms with Gasteiger partial charge in [-0.05, 0) is 55.2 Å². The number of phenolic OH excluding ortho intramolecular Hbond substituents is 1. The van der Waals surface area contributed by atoms with Crippen molar-refractivity contribution >= 4 is 39.8 Å². The summed E-state index contributed by atoms with van der Waals surface area (Å²) in [5.41, 5.74) is 8.11. The molecule has 8 nitrogen and oxygen atoms in total. The molecule has 0 amide bonds. The Bertz CT molecular complexity index is 1070. The highest BCUT2D eigenvalue weighted by Gasteiger charge is 2.19. The molecule has 0 aliphatic heterocycles. The third-order valence-corrected chi connectivity index (χ3v) is 5.79. The summed E-state index contributed by atoms with van der Waals surface area (Å²) >= 11 is 0. The summed E-state index contributed by atoms with van der Waals surface area (Å²) in [4.78, 5) is 11.2. The highest BCUT2D eigenvalue weighted by molar-refractivity contribution is 7.89. The Labute approximate surface area is 188 Å². The van der Waals surface area contributed by atoms with Crippen molar-refractivity contribution in [2.24, 2.45) is 5.73 Å². The fourth-order valence-corrected chi connectivity index (χ4v) is 3.83. The Balaban J connectivity index is 0.00000480. The molecule has 0 radical (unpaired) electrons. The number of carbonyl (C=O) groups is 1. The molecule has 31 heavy (non-hydrogen) atoms. The van der Waals surface area contributed by atoms with Crippen molar-refractivity contribution in [1.82, 2.24) is 4.72 Å². The molecule has 0 saturated carbocycles. The fraction of sp³-hybridized carbons (Fsp3) is 0.238. The molecular formula is C21H26ClN3O5S. The zero-order chi connectivity index (χ0) is 22.3. The van der Waals surface area contributed by atoms with Crippen LogP contribution in [0.1, 0.15) is 30.5 Å². The van der Waals surface area contributed by atoms with Gasteiger partial charge in [-0.2, -0.15) is 0 Å². The third-order valence-electron chi connectivity index (χ3n) is 4.30. The summed E-state index contributed by atoms with van der Waals surface area (Å²) in [6, 6.07) is 11.1. The van der Waals surface area contributed by atoms with Gasteiger partial charge in [0, 0.05) is 18.2 Å². The predicted octanol–water partition coefficient (Wildman–Crippen LogP) is 2.59. The van der Waals surface area contributed by atoms with Gasteiger partial charge in [0.05, 0.1) is 6.61 Å². The van der Waals surface area contributed by atoms with Crippen molar-refractivity contribution in [2.75, 3.05) is 13.2 Å². The normalized spacial score (nSPS) is 11.5. The highest BCUT2D eigenvalue weighted by Crippen LogP contribution is 2.23. The number of nitrogens with two attached hydrogens (primary N) is 1. The predicted molar refractivity (Wildman–Crippen MR) is 122 cm³/mol. The Morgan fingerprint density at radius 2 is 1.81 bits per heavy atom. The van der Waals surface area contributed by atoms with Crippen molar-refractivity contribution in [3.8, 4) is 5.75 Å². The van der Waals surface area contributed by atoms with E-state index in [1.807, 2.05) is 31.2 Å². The van der Waals surface area contributed by atoms with Gasteiger partial charge in [0.25, 0.3) is 0 Å². The van der Waals surface area contributed by atoms with Crippen LogP contribution in [0, 0.1) is 5.41 Å². The smallest absolute Gasteiger partial charge is 0.331 e. The SMILES string of the molecule is CCOC(=O)/C=C(/C)c1ccc(CCNS(=O)(=O)c2cc(C(=N)N)ccc2O)cc1.Cl. The second kappa shape index (κ2) is 11.5. The van der Waals surface area contributed by atoms with Gasteiger partial charge in [0.1, 0.15) is 16.5 Å². The van der Waals surface area contributed by atoms with Gasteiger partial charge in [-0.25, -0.2) is 17.9 Å². The quantitative estimate of drug-likeness (QED) is 0.193. The molecule has 0 bridgehead atoms. The number of benzene rings is 2. The van der Waals surface area contributed by atoms with Crippen molar-refractivity contribution in [2.45, 2.75) is 25.2 Å². The lowest BCUT2D eigenvalue weighted by atomic mass is 10.0. The van der Waals surface area contributed by atoms with E-state index in [0.29, 0.717) is 13.0 Å². The molecule has 0 saturated heterocycles. The van der Waals surface area contributed by atoms with Gasteiger partial charge in [-0.1, -0.05) is 24.3 Å². The minimum absolute atomic E-state index is 0. The number of nitrogens with one attached hydrogen (secondary N) is 2. The van der Waals surface area contributed by atoms with Crippen molar-refractivity contribution < 1.29 is 23.1 Å².